The molecule has 0 radical (unpaired) electrons. The third kappa shape index (κ3) is 2.60. The van der Waals surface area contributed by atoms with E-state index in [0.717, 1.165) is 35.2 Å². The van der Waals surface area contributed by atoms with E-state index in [2.05, 4.69) is 47.2 Å². The Morgan fingerprint density at radius 2 is 2.12 bits per heavy atom. The Hall–Kier alpha value is -1.09. The molecule has 0 saturated carbocycles. The lowest BCUT2D eigenvalue weighted by Gasteiger charge is -2.11. The number of fused-ring (bicyclic) bond motifs is 1. The van der Waals surface area contributed by atoms with Gasteiger partial charge in [0.2, 0.25) is 0 Å². The first kappa shape index (κ1) is 12.4. The maximum Gasteiger partial charge on any atom is 0.129 e. The number of hydrogen-bond donors (Lipinski definition) is 1. The summed E-state index contributed by atoms with van der Waals surface area (Å²) in [5, 5.41) is 4.59. The van der Waals surface area contributed by atoms with Crippen molar-refractivity contribution in [2.75, 3.05) is 11.9 Å². The number of hydrogen-bond acceptors (Lipinski definition) is 2. The Labute approximate surface area is 111 Å². The second-order valence-electron chi connectivity index (χ2n) is 4.09. The molecule has 0 saturated heterocycles. The van der Waals surface area contributed by atoms with Crippen molar-refractivity contribution in [3.63, 3.8) is 0 Å². The molecule has 1 N–H and O–H groups in total. The van der Waals surface area contributed by atoms with Gasteiger partial charge < -0.3 is 5.32 Å². The molecular weight excluding hydrogens is 276 g/mol. The Morgan fingerprint density at radius 1 is 1.29 bits per heavy atom. The molecule has 3 heteroatoms. The van der Waals surface area contributed by atoms with E-state index in [1.165, 1.54) is 10.9 Å². The van der Waals surface area contributed by atoms with Crippen LogP contribution in [-0.4, -0.2) is 11.5 Å². The van der Waals surface area contributed by atoms with Crippen LogP contribution in [0.3, 0.4) is 0 Å². The van der Waals surface area contributed by atoms with Gasteiger partial charge in [-0.3, -0.25) is 0 Å². The summed E-state index contributed by atoms with van der Waals surface area (Å²) in [4.78, 5) is 4.73. The summed E-state index contributed by atoms with van der Waals surface area (Å²) < 4.78 is 1.05. The number of aryl methyl sites for hydroxylation is 1. The zero-order valence-corrected chi connectivity index (χ0v) is 11.8. The van der Waals surface area contributed by atoms with E-state index < -0.39 is 0 Å². The van der Waals surface area contributed by atoms with Crippen molar-refractivity contribution in [1.29, 1.82) is 0 Å². The van der Waals surface area contributed by atoms with Crippen LogP contribution in [0.15, 0.2) is 28.7 Å². The van der Waals surface area contributed by atoms with Crippen molar-refractivity contribution >= 4 is 32.7 Å². The molecule has 0 bridgehead atoms. The second-order valence-corrected chi connectivity index (χ2v) is 4.94. The van der Waals surface area contributed by atoms with Gasteiger partial charge in [-0.15, -0.1) is 0 Å². The standard InChI is InChI=1S/C14H17BrN2/c1-3-8-16-14-10(4-2)9-11-6-5-7-12(15)13(11)17-14/h5-7,9H,3-4,8H2,1-2H3,(H,16,17). The van der Waals surface area contributed by atoms with Gasteiger partial charge in [0, 0.05) is 16.4 Å². The molecule has 0 aliphatic rings. The number of para-hydroxylation sites is 1. The Balaban J connectivity index is 2.53. The van der Waals surface area contributed by atoms with Crippen molar-refractivity contribution in [3.05, 3.63) is 34.3 Å². The second kappa shape index (κ2) is 5.50. The quantitative estimate of drug-likeness (QED) is 0.904. The number of rotatable bonds is 4. The first-order chi connectivity index (χ1) is 8.26. The van der Waals surface area contributed by atoms with Crippen molar-refractivity contribution in [2.24, 2.45) is 0 Å². The van der Waals surface area contributed by atoms with Crippen molar-refractivity contribution in [3.8, 4) is 0 Å². The Bertz CT molecular complexity index is 523. The van der Waals surface area contributed by atoms with E-state index >= 15 is 0 Å². The number of aromatic nitrogens is 1. The Kier molecular flexibility index (Phi) is 4.00. The van der Waals surface area contributed by atoms with E-state index in [9.17, 15) is 0 Å². The topological polar surface area (TPSA) is 24.9 Å². The fourth-order valence-corrected chi connectivity index (χ4v) is 2.34. The molecule has 1 heterocycles. The molecule has 0 unspecified atom stereocenters. The first-order valence-corrected chi connectivity index (χ1v) is 6.87. The van der Waals surface area contributed by atoms with Gasteiger partial charge in [-0.1, -0.05) is 26.0 Å². The number of halogens is 1. The van der Waals surface area contributed by atoms with Crippen molar-refractivity contribution in [1.82, 2.24) is 4.98 Å². The summed E-state index contributed by atoms with van der Waals surface area (Å²) in [6.07, 6.45) is 2.11. The minimum absolute atomic E-state index is 0.968. The molecule has 1 aromatic heterocycles. The van der Waals surface area contributed by atoms with Gasteiger partial charge in [0.1, 0.15) is 5.82 Å². The molecule has 2 nitrogen and oxygen atoms in total. The van der Waals surface area contributed by atoms with Gasteiger partial charge in [0.15, 0.2) is 0 Å². The number of nitrogens with zero attached hydrogens (tertiary/aromatic N) is 1. The van der Waals surface area contributed by atoms with Crippen LogP contribution in [0.25, 0.3) is 10.9 Å². The van der Waals surface area contributed by atoms with E-state index in [1.807, 2.05) is 12.1 Å². The molecule has 0 spiro atoms. The highest BCUT2D eigenvalue weighted by molar-refractivity contribution is 9.10. The van der Waals surface area contributed by atoms with Gasteiger partial charge in [-0.25, -0.2) is 4.98 Å². The van der Waals surface area contributed by atoms with Crippen molar-refractivity contribution < 1.29 is 0 Å². The number of anilines is 1. The predicted molar refractivity (Wildman–Crippen MR) is 77.6 cm³/mol. The molecule has 0 atom stereocenters. The SMILES string of the molecule is CCCNc1nc2c(Br)cccc2cc1CC. The number of nitrogens with one attached hydrogen (secondary N) is 1. The first-order valence-electron chi connectivity index (χ1n) is 6.08. The molecule has 2 aromatic rings. The van der Waals surface area contributed by atoms with E-state index in [4.69, 9.17) is 4.98 Å². The monoisotopic (exact) mass is 292 g/mol. The van der Waals surface area contributed by atoms with E-state index in [0.29, 0.717) is 0 Å². The van der Waals surface area contributed by atoms with Gasteiger partial charge in [-0.05, 0) is 46.5 Å². The van der Waals surface area contributed by atoms with Gasteiger partial charge in [0.05, 0.1) is 5.52 Å². The lowest BCUT2D eigenvalue weighted by Crippen LogP contribution is -2.05. The van der Waals surface area contributed by atoms with E-state index in [-0.39, 0.29) is 0 Å². The summed E-state index contributed by atoms with van der Waals surface area (Å²) in [7, 11) is 0. The van der Waals surface area contributed by atoms with Gasteiger partial charge in [-0.2, -0.15) is 0 Å². The van der Waals surface area contributed by atoms with Crippen LogP contribution in [0.2, 0.25) is 0 Å². The molecule has 17 heavy (non-hydrogen) atoms. The normalized spacial score (nSPS) is 10.8. The minimum Gasteiger partial charge on any atom is -0.370 e. The molecule has 0 amide bonds. The van der Waals surface area contributed by atoms with Crippen LogP contribution in [0, 0.1) is 0 Å². The average Bonchev–Trinajstić information content (AvgIpc) is 2.36. The highest BCUT2D eigenvalue weighted by Gasteiger charge is 2.06. The van der Waals surface area contributed by atoms with Crippen LogP contribution in [0.4, 0.5) is 5.82 Å². The maximum absolute atomic E-state index is 4.73. The summed E-state index contributed by atoms with van der Waals surface area (Å²) in [5.41, 5.74) is 2.31. The fraction of sp³-hybridized carbons (Fsp3) is 0.357. The molecule has 0 aliphatic heterocycles. The Morgan fingerprint density at radius 3 is 2.82 bits per heavy atom. The molecule has 90 valence electrons. The fourth-order valence-electron chi connectivity index (χ4n) is 1.87. The molecule has 2 rings (SSSR count). The van der Waals surface area contributed by atoms with Crippen molar-refractivity contribution in [2.45, 2.75) is 26.7 Å². The highest BCUT2D eigenvalue weighted by atomic mass is 79.9. The smallest absolute Gasteiger partial charge is 0.129 e. The lowest BCUT2D eigenvalue weighted by atomic mass is 10.1. The molecular formula is C14H17BrN2. The molecule has 0 aliphatic carbocycles. The van der Waals surface area contributed by atoms with Crippen LogP contribution in [-0.2, 0) is 6.42 Å². The van der Waals surface area contributed by atoms with Gasteiger partial charge in [0.25, 0.3) is 0 Å². The average molecular weight is 293 g/mol. The lowest BCUT2D eigenvalue weighted by molar-refractivity contribution is 0.962. The van der Waals surface area contributed by atoms with Gasteiger partial charge >= 0.3 is 0 Å². The van der Waals surface area contributed by atoms with E-state index in [1.54, 1.807) is 0 Å². The van der Waals surface area contributed by atoms with Crippen LogP contribution in [0.5, 0.6) is 0 Å². The highest BCUT2D eigenvalue weighted by Crippen LogP contribution is 2.26. The third-order valence-corrected chi connectivity index (χ3v) is 3.44. The summed E-state index contributed by atoms with van der Waals surface area (Å²) in [6.45, 7) is 5.30. The molecule has 0 fully saturated rings. The predicted octanol–water partition coefficient (Wildman–Crippen LogP) is 4.38. The maximum atomic E-state index is 4.73. The zero-order chi connectivity index (χ0) is 12.3. The zero-order valence-electron chi connectivity index (χ0n) is 10.3. The van der Waals surface area contributed by atoms with Crippen LogP contribution in [0.1, 0.15) is 25.8 Å². The molecule has 1 aromatic carbocycles. The third-order valence-electron chi connectivity index (χ3n) is 2.80. The van der Waals surface area contributed by atoms with Crippen LogP contribution >= 0.6 is 15.9 Å². The summed E-state index contributed by atoms with van der Waals surface area (Å²) in [6, 6.07) is 8.41. The minimum atomic E-state index is 0.968. The largest absolute Gasteiger partial charge is 0.370 e. The summed E-state index contributed by atoms with van der Waals surface area (Å²) in [5.74, 6) is 1.02. The van der Waals surface area contributed by atoms with Crippen LogP contribution < -0.4 is 5.32 Å². The summed E-state index contributed by atoms with van der Waals surface area (Å²) >= 11 is 3.56. The number of pyridine rings is 1. The number of benzene rings is 1.